The summed E-state index contributed by atoms with van der Waals surface area (Å²) in [6.07, 6.45) is 1.30. The lowest BCUT2D eigenvalue weighted by molar-refractivity contribution is 0.0531. The van der Waals surface area contributed by atoms with Crippen LogP contribution in [0.4, 0.5) is 5.69 Å². The van der Waals surface area contributed by atoms with Crippen molar-refractivity contribution in [3.8, 4) is 0 Å². The number of nitrogens with zero attached hydrogens (tertiary/aromatic N) is 3. The predicted molar refractivity (Wildman–Crippen MR) is 114 cm³/mol. The first-order valence-electron chi connectivity index (χ1n) is 10.3. The van der Waals surface area contributed by atoms with Gasteiger partial charge < -0.3 is 9.64 Å². The Kier molecular flexibility index (Phi) is 4.75. The Morgan fingerprint density at radius 2 is 1.96 bits per heavy atom. The van der Waals surface area contributed by atoms with Crippen molar-refractivity contribution in [2.45, 2.75) is 32.5 Å². The van der Waals surface area contributed by atoms with Crippen LogP contribution in [0.5, 0.6) is 0 Å². The first kappa shape index (κ1) is 17.7. The van der Waals surface area contributed by atoms with Crippen LogP contribution in [0.1, 0.15) is 23.7 Å². The van der Waals surface area contributed by atoms with E-state index in [0.717, 1.165) is 51.3 Å². The fraction of sp³-hybridized carbons (Fsp3) is 0.375. The van der Waals surface area contributed by atoms with E-state index in [-0.39, 0.29) is 0 Å². The van der Waals surface area contributed by atoms with Crippen LogP contribution in [-0.2, 0) is 24.2 Å². The Bertz CT molecular complexity index is 987. The topological polar surface area (TPSA) is 28.6 Å². The van der Waals surface area contributed by atoms with Crippen molar-refractivity contribution in [2.75, 3.05) is 31.1 Å². The molecular formula is C24H27N3O. The van der Waals surface area contributed by atoms with Gasteiger partial charge in [-0.2, -0.15) is 0 Å². The first-order chi connectivity index (χ1) is 13.8. The highest BCUT2D eigenvalue weighted by atomic mass is 16.5. The molecule has 1 aromatic heterocycles. The van der Waals surface area contributed by atoms with Crippen LogP contribution in [0.15, 0.2) is 54.6 Å². The Balaban J connectivity index is 1.28. The summed E-state index contributed by atoms with van der Waals surface area (Å²) in [6.45, 7) is 8.07. The molecule has 2 aromatic carbocycles. The second-order valence-electron chi connectivity index (χ2n) is 8.00. The average molecular weight is 374 g/mol. The fourth-order valence-corrected chi connectivity index (χ4v) is 4.48. The molecule has 0 saturated carbocycles. The van der Waals surface area contributed by atoms with Gasteiger partial charge in [0.05, 0.1) is 18.2 Å². The van der Waals surface area contributed by atoms with Crippen LogP contribution in [0.2, 0.25) is 0 Å². The third-order valence-electron chi connectivity index (χ3n) is 5.95. The van der Waals surface area contributed by atoms with Gasteiger partial charge in [-0.05, 0) is 36.2 Å². The Morgan fingerprint density at radius 3 is 2.89 bits per heavy atom. The highest BCUT2D eigenvalue weighted by molar-refractivity contribution is 5.78. The number of hydrogen-bond donors (Lipinski definition) is 0. The Labute approximate surface area is 166 Å². The number of anilines is 1. The largest absolute Gasteiger partial charge is 0.375 e. The molecule has 4 heteroatoms. The molecule has 144 valence electrons. The zero-order valence-electron chi connectivity index (χ0n) is 16.5. The average Bonchev–Trinajstić information content (AvgIpc) is 3.15. The van der Waals surface area contributed by atoms with E-state index in [1.807, 2.05) is 0 Å². The smallest absolute Gasteiger partial charge is 0.0722 e. The summed E-state index contributed by atoms with van der Waals surface area (Å²) in [7, 11) is 0. The van der Waals surface area contributed by atoms with E-state index >= 15 is 0 Å². The molecule has 2 aliphatic heterocycles. The summed E-state index contributed by atoms with van der Waals surface area (Å²) in [4.78, 5) is 9.89. The van der Waals surface area contributed by atoms with E-state index in [1.54, 1.807) is 0 Å². The molecule has 0 N–H and O–H groups in total. The third kappa shape index (κ3) is 3.50. The molecule has 0 aliphatic carbocycles. The molecule has 4 nitrogen and oxygen atoms in total. The molecule has 3 aromatic rings. The van der Waals surface area contributed by atoms with Crippen LogP contribution in [0, 0.1) is 0 Å². The number of morpholine rings is 1. The van der Waals surface area contributed by atoms with E-state index in [4.69, 9.17) is 9.72 Å². The van der Waals surface area contributed by atoms with Crippen molar-refractivity contribution in [2.24, 2.45) is 0 Å². The van der Waals surface area contributed by atoms with Crippen molar-refractivity contribution >= 4 is 16.6 Å². The van der Waals surface area contributed by atoms with Gasteiger partial charge in [-0.15, -0.1) is 0 Å². The summed E-state index contributed by atoms with van der Waals surface area (Å²) in [5, 5.41) is 1.21. The summed E-state index contributed by atoms with van der Waals surface area (Å²) < 4.78 is 5.73. The monoisotopic (exact) mass is 373 g/mol. The lowest BCUT2D eigenvalue weighted by atomic mass is 10.1. The van der Waals surface area contributed by atoms with Crippen LogP contribution >= 0.6 is 0 Å². The molecule has 28 heavy (non-hydrogen) atoms. The maximum absolute atomic E-state index is 5.73. The third-order valence-corrected chi connectivity index (χ3v) is 5.95. The molecule has 0 bridgehead atoms. The minimum Gasteiger partial charge on any atom is -0.375 e. The van der Waals surface area contributed by atoms with Gasteiger partial charge in [-0.25, -0.2) is 0 Å². The van der Waals surface area contributed by atoms with Crippen molar-refractivity contribution in [3.05, 3.63) is 71.4 Å². The number of rotatable bonds is 4. The van der Waals surface area contributed by atoms with Crippen molar-refractivity contribution < 1.29 is 4.74 Å². The van der Waals surface area contributed by atoms with Gasteiger partial charge in [0.1, 0.15) is 0 Å². The zero-order valence-corrected chi connectivity index (χ0v) is 16.5. The number of ether oxygens (including phenoxy) is 1. The molecule has 1 saturated heterocycles. The summed E-state index contributed by atoms with van der Waals surface area (Å²) >= 11 is 0. The molecule has 5 rings (SSSR count). The minimum absolute atomic E-state index is 0.307. The van der Waals surface area contributed by atoms with Crippen LogP contribution in [0.25, 0.3) is 10.9 Å². The highest BCUT2D eigenvalue weighted by Gasteiger charge is 2.25. The maximum Gasteiger partial charge on any atom is 0.0722 e. The van der Waals surface area contributed by atoms with Gasteiger partial charge >= 0.3 is 0 Å². The number of benzene rings is 2. The van der Waals surface area contributed by atoms with Gasteiger partial charge in [0.2, 0.25) is 0 Å². The van der Waals surface area contributed by atoms with E-state index in [0.29, 0.717) is 6.10 Å². The van der Waals surface area contributed by atoms with E-state index in [2.05, 4.69) is 71.3 Å². The lowest BCUT2D eigenvalue weighted by Crippen LogP contribution is -2.41. The van der Waals surface area contributed by atoms with Gasteiger partial charge in [-0.1, -0.05) is 36.4 Å². The molecule has 1 atom stereocenters. The van der Waals surface area contributed by atoms with E-state index in [1.165, 1.54) is 27.9 Å². The van der Waals surface area contributed by atoms with Crippen LogP contribution in [-0.4, -0.2) is 42.2 Å². The number of para-hydroxylation sites is 1. The molecule has 0 spiro atoms. The number of fused-ring (bicyclic) bond motifs is 2. The second kappa shape index (κ2) is 7.53. The van der Waals surface area contributed by atoms with Crippen LogP contribution < -0.4 is 4.90 Å². The number of hydrogen-bond acceptors (Lipinski definition) is 4. The van der Waals surface area contributed by atoms with Gasteiger partial charge in [0.25, 0.3) is 0 Å². The number of aromatic nitrogens is 1. The van der Waals surface area contributed by atoms with Crippen molar-refractivity contribution in [1.82, 2.24) is 9.88 Å². The fourth-order valence-electron chi connectivity index (χ4n) is 4.48. The quantitative estimate of drug-likeness (QED) is 0.691. The highest BCUT2D eigenvalue weighted by Crippen LogP contribution is 2.32. The maximum atomic E-state index is 5.73. The molecular weight excluding hydrogens is 346 g/mol. The molecule has 2 aliphatic rings. The minimum atomic E-state index is 0.307. The normalized spacial score (nSPS) is 19.9. The first-order valence-corrected chi connectivity index (χ1v) is 10.3. The van der Waals surface area contributed by atoms with Gasteiger partial charge in [0, 0.05) is 55.9 Å². The zero-order chi connectivity index (χ0) is 18.9. The molecule has 0 radical (unpaired) electrons. The van der Waals surface area contributed by atoms with Crippen molar-refractivity contribution in [3.63, 3.8) is 0 Å². The number of pyridine rings is 1. The molecule has 1 fully saturated rings. The van der Waals surface area contributed by atoms with Gasteiger partial charge in [0.15, 0.2) is 0 Å². The summed E-state index contributed by atoms with van der Waals surface area (Å²) in [6, 6.07) is 19.5. The summed E-state index contributed by atoms with van der Waals surface area (Å²) in [5.74, 6) is 0. The standard InChI is InChI=1S/C24H27N3O/c1-18-15-27(13-14-28-18)24-8-4-6-20-16-26(17-22(20)24)12-11-21-10-9-19-5-2-3-7-23(19)25-21/h2-10,18H,11-17H2,1H3. The summed E-state index contributed by atoms with van der Waals surface area (Å²) in [5.41, 5.74) is 6.65. The lowest BCUT2D eigenvalue weighted by Gasteiger charge is -2.34. The molecule has 3 heterocycles. The van der Waals surface area contributed by atoms with Gasteiger partial charge in [-0.3, -0.25) is 9.88 Å². The Morgan fingerprint density at radius 1 is 1.04 bits per heavy atom. The van der Waals surface area contributed by atoms with E-state index < -0.39 is 0 Å². The molecule has 0 amide bonds. The Hall–Kier alpha value is -2.43. The SMILES string of the molecule is CC1CN(c2cccc3c2CN(CCc2ccc4ccccc4n2)C3)CCO1. The van der Waals surface area contributed by atoms with Crippen molar-refractivity contribution in [1.29, 1.82) is 0 Å². The predicted octanol–water partition coefficient (Wildman–Crippen LogP) is 4.02. The van der Waals surface area contributed by atoms with Crippen LogP contribution in [0.3, 0.4) is 0 Å². The molecule has 1 unspecified atom stereocenters. The second-order valence-corrected chi connectivity index (χ2v) is 8.00. The van der Waals surface area contributed by atoms with E-state index in [9.17, 15) is 0 Å².